The fraction of sp³-hybridized carbons (Fsp3) is 0.538. The SMILES string of the molecule is CCCC[C@@H](O)[C@H](O)c1cccc(C)c1. The highest BCUT2D eigenvalue weighted by molar-refractivity contribution is 5.24. The largest absolute Gasteiger partial charge is 0.390 e. The molecule has 0 aliphatic heterocycles. The maximum absolute atomic E-state index is 9.89. The third-order valence-electron chi connectivity index (χ3n) is 2.60. The molecule has 0 spiro atoms. The molecule has 1 rings (SSSR count). The molecule has 0 radical (unpaired) electrons. The van der Waals surface area contributed by atoms with Gasteiger partial charge in [0.25, 0.3) is 0 Å². The Bertz CT molecular complexity index is 296. The highest BCUT2D eigenvalue weighted by Crippen LogP contribution is 2.21. The van der Waals surface area contributed by atoms with Crippen LogP contribution in [0.25, 0.3) is 0 Å². The molecule has 2 N–H and O–H groups in total. The molecule has 0 aliphatic rings. The Morgan fingerprint density at radius 2 is 2.00 bits per heavy atom. The number of aliphatic hydroxyl groups is 2. The van der Waals surface area contributed by atoms with Crippen LogP contribution in [0.4, 0.5) is 0 Å². The first-order valence-corrected chi connectivity index (χ1v) is 5.58. The van der Waals surface area contributed by atoms with Crippen molar-refractivity contribution >= 4 is 0 Å². The van der Waals surface area contributed by atoms with Crippen LogP contribution in [0.3, 0.4) is 0 Å². The summed E-state index contributed by atoms with van der Waals surface area (Å²) in [6, 6.07) is 7.65. The maximum atomic E-state index is 9.89. The lowest BCUT2D eigenvalue weighted by Crippen LogP contribution is -2.18. The van der Waals surface area contributed by atoms with Crippen LogP contribution in [0, 0.1) is 6.92 Å². The van der Waals surface area contributed by atoms with Crippen molar-refractivity contribution in [1.82, 2.24) is 0 Å². The van der Waals surface area contributed by atoms with E-state index in [1.165, 1.54) is 0 Å². The second kappa shape index (κ2) is 5.89. The van der Waals surface area contributed by atoms with Crippen LogP contribution >= 0.6 is 0 Å². The minimum absolute atomic E-state index is 0.647. The summed E-state index contributed by atoms with van der Waals surface area (Å²) in [5.41, 5.74) is 1.91. The van der Waals surface area contributed by atoms with E-state index in [0.717, 1.165) is 24.0 Å². The van der Waals surface area contributed by atoms with Crippen LogP contribution < -0.4 is 0 Å². The maximum Gasteiger partial charge on any atom is 0.105 e. The summed E-state index contributed by atoms with van der Waals surface area (Å²) in [4.78, 5) is 0. The molecule has 0 amide bonds. The summed E-state index contributed by atoms with van der Waals surface area (Å²) in [6.45, 7) is 4.06. The Morgan fingerprint density at radius 3 is 2.60 bits per heavy atom. The number of rotatable bonds is 5. The van der Waals surface area contributed by atoms with Crippen molar-refractivity contribution in [3.8, 4) is 0 Å². The summed E-state index contributed by atoms with van der Waals surface area (Å²) in [6.07, 6.45) is 1.25. The average Bonchev–Trinajstić information content (AvgIpc) is 2.24. The lowest BCUT2D eigenvalue weighted by molar-refractivity contribution is 0.0122. The molecule has 1 aromatic rings. The second-order valence-electron chi connectivity index (χ2n) is 4.07. The van der Waals surface area contributed by atoms with Gasteiger partial charge in [-0.25, -0.2) is 0 Å². The van der Waals surface area contributed by atoms with Gasteiger partial charge < -0.3 is 10.2 Å². The molecule has 0 bridgehead atoms. The summed E-state index contributed by atoms with van der Waals surface area (Å²) in [5.74, 6) is 0. The van der Waals surface area contributed by atoms with Crippen molar-refractivity contribution in [3.63, 3.8) is 0 Å². The van der Waals surface area contributed by atoms with E-state index in [0.29, 0.717) is 6.42 Å². The molecule has 0 aliphatic carbocycles. The van der Waals surface area contributed by atoms with Crippen LogP contribution in [0.15, 0.2) is 24.3 Å². The zero-order chi connectivity index (χ0) is 11.3. The Hall–Kier alpha value is -0.860. The summed E-state index contributed by atoms with van der Waals surface area (Å²) >= 11 is 0. The van der Waals surface area contributed by atoms with Gasteiger partial charge in [-0.15, -0.1) is 0 Å². The molecule has 1 aromatic carbocycles. The lowest BCUT2D eigenvalue weighted by Gasteiger charge is -2.18. The molecule has 0 saturated heterocycles. The standard InChI is InChI=1S/C13H20O2/c1-3-4-8-12(14)13(15)11-7-5-6-10(2)9-11/h5-7,9,12-15H,3-4,8H2,1-2H3/t12-,13-/m1/s1. The van der Waals surface area contributed by atoms with Crippen molar-refractivity contribution in [2.24, 2.45) is 0 Å². The minimum atomic E-state index is -0.753. The first kappa shape index (κ1) is 12.2. The van der Waals surface area contributed by atoms with Gasteiger partial charge in [0.1, 0.15) is 6.10 Å². The highest BCUT2D eigenvalue weighted by Gasteiger charge is 2.17. The molecule has 0 unspecified atom stereocenters. The number of hydrogen-bond donors (Lipinski definition) is 2. The Labute approximate surface area is 91.6 Å². The summed E-state index contributed by atoms with van der Waals surface area (Å²) in [5, 5.41) is 19.6. The van der Waals surface area contributed by atoms with E-state index in [4.69, 9.17) is 0 Å². The smallest absolute Gasteiger partial charge is 0.105 e. The molecular formula is C13H20O2. The predicted molar refractivity (Wildman–Crippen MR) is 61.7 cm³/mol. The molecule has 0 saturated carbocycles. The molecule has 0 aromatic heterocycles. The van der Waals surface area contributed by atoms with Crippen LogP contribution in [0.2, 0.25) is 0 Å². The average molecular weight is 208 g/mol. The van der Waals surface area contributed by atoms with Crippen LogP contribution in [-0.2, 0) is 0 Å². The number of aliphatic hydroxyl groups excluding tert-OH is 2. The first-order chi connectivity index (χ1) is 7.15. The third kappa shape index (κ3) is 3.65. The second-order valence-corrected chi connectivity index (χ2v) is 4.07. The Balaban J connectivity index is 2.62. The van der Waals surface area contributed by atoms with Gasteiger partial charge in [0.2, 0.25) is 0 Å². The van der Waals surface area contributed by atoms with E-state index >= 15 is 0 Å². The van der Waals surface area contributed by atoms with Crippen LogP contribution in [-0.4, -0.2) is 16.3 Å². The van der Waals surface area contributed by atoms with Crippen molar-refractivity contribution in [1.29, 1.82) is 0 Å². The topological polar surface area (TPSA) is 40.5 Å². The number of unbranched alkanes of at least 4 members (excludes halogenated alkanes) is 1. The normalized spacial score (nSPS) is 14.9. The van der Waals surface area contributed by atoms with E-state index in [9.17, 15) is 10.2 Å². The number of aryl methyl sites for hydroxylation is 1. The predicted octanol–water partition coefficient (Wildman–Crippen LogP) is 2.58. The van der Waals surface area contributed by atoms with Crippen molar-refractivity contribution in [2.75, 3.05) is 0 Å². The first-order valence-electron chi connectivity index (χ1n) is 5.58. The molecule has 15 heavy (non-hydrogen) atoms. The van der Waals surface area contributed by atoms with Gasteiger partial charge >= 0.3 is 0 Å². The quantitative estimate of drug-likeness (QED) is 0.780. The zero-order valence-corrected chi connectivity index (χ0v) is 9.48. The molecule has 84 valence electrons. The van der Waals surface area contributed by atoms with Crippen molar-refractivity contribution in [2.45, 2.75) is 45.3 Å². The van der Waals surface area contributed by atoms with Gasteiger partial charge in [-0.3, -0.25) is 0 Å². The van der Waals surface area contributed by atoms with Gasteiger partial charge in [0, 0.05) is 0 Å². The molecule has 2 heteroatoms. The Kier molecular flexibility index (Phi) is 4.79. The highest BCUT2D eigenvalue weighted by atomic mass is 16.3. The van der Waals surface area contributed by atoms with Crippen LogP contribution in [0.5, 0.6) is 0 Å². The lowest BCUT2D eigenvalue weighted by atomic mass is 9.99. The van der Waals surface area contributed by atoms with E-state index in [-0.39, 0.29) is 0 Å². The van der Waals surface area contributed by atoms with E-state index in [1.807, 2.05) is 31.2 Å². The zero-order valence-electron chi connectivity index (χ0n) is 9.48. The molecule has 2 atom stereocenters. The van der Waals surface area contributed by atoms with Gasteiger partial charge in [-0.2, -0.15) is 0 Å². The molecule has 2 nitrogen and oxygen atoms in total. The van der Waals surface area contributed by atoms with E-state index < -0.39 is 12.2 Å². The monoisotopic (exact) mass is 208 g/mol. The summed E-state index contributed by atoms with van der Waals surface area (Å²) < 4.78 is 0. The van der Waals surface area contributed by atoms with E-state index in [1.54, 1.807) is 0 Å². The van der Waals surface area contributed by atoms with Gasteiger partial charge in [0.05, 0.1) is 6.10 Å². The third-order valence-corrected chi connectivity index (χ3v) is 2.60. The summed E-state index contributed by atoms with van der Waals surface area (Å²) in [7, 11) is 0. The van der Waals surface area contributed by atoms with E-state index in [2.05, 4.69) is 6.92 Å². The van der Waals surface area contributed by atoms with Crippen molar-refractivity contribution in [3.05, 3.63) is 35.4 Å². The molecule has 0 fully saturated rings. The van der Waals surface area contributed by atoms with Crippen LogP contribution in [0.1, 0.15) is 43.4 Å². The fourth-order valence-electron chi connectivity index (χ4n) is 1.65. The number of benzene rings is 1. The van der Waals surface area contributed by atoms with Gasteiger partial charge in [-0.1, -0.05) is 49.6 Å². The van der Waals surface area contributed by atoms with Gasteiger partial charge in [0.15, 0.2) is 0 Å². The van der Waals surface area contributed by atoms with Crippen molar-refractivity contribution < 1.29 is 10.2 Å². The fourth-order valence-corrected chi connectivity index (χ4v) is 1.65. The Morgan fingerprint density at radius 1 is 1.27 bits per heavy atom. The molecule has 0 heterocycles. The number of hydrogen-bond acceptors (Lipinski definition) is 2. The molecular weight excluding hydrogens is 188 g/mol. The van der Waals surface area contributed by atoms with Gasteiger partial charge in [-0.05, 0) is 18.9 Å². The minimum Gasteiger partial charge on any atom is -0.390 e.